The molecule has 0 bridgehead atoms. The van der Waals surface area contributed by atoms with Crippen LogP contribution in [0.15, 0.2) is 35.3 Å². The number of aromatic nitrogens is 1. The molecule has 112 valence electrons. The molecule has 0 aliphatic heterocycles. The number of aromatic amines is 1. The summed E-state index contributed by atoms with van der Waals surface area (Å²) in [5.74, 6) is 0.159. The Balaban J connectivity index is 2.09. The van der Waals surface area contributed by atoms with Gasteiger partial charge < -0.3 is 10.1 Å². The van der Waals surface area contributed by atoms with Gasteiger partial charge in [0.25, 0.3) is 0 Å². The molecule has 3 aromatic rings. The molecule has 2 aromatic carbocycles. The number of rotatable bonds is 2. The quantitative estimate of drug-likeness (QED) is 0.651. The van der Waals surface area contributed by atoms with Gasteiger partial charge in [-0.1, -0.05) is 29.8 Å². The van der Waals surface area contributed by atoms with E-state index in [1.807, 2.05) is 25.1 Å². The Bertz CT molecular complexity index is 865. The molecule has 22 heavy (non-hydrogen) atoms. The molecule has 1 heterocycles. The van der Waals surface area contributed by atoms with Gasteiger partial charge in [0.05, 0.1) is 11.3 Å². The number of aromatic hydroxyl groups is 1. The van der Waals surface area contributed by atoms with E-state index in [2.05, 4.69) is 42.9 Å². The number of hydrogen-bond donors (Lipinski definition) is 2. The van der Waals surface area contributed by atoms with Crippen molar-refractivity contribution < 1.29 is 5.11 Å². The van der Waals surface area contributed by atoms with Gasteiger partial charge in [-0.05, 0) is 50.5 Å². The van der Waals surface area contributed by atoms with Gasteiger partial charge in [-0.25, -0.2) is 0 Å². The van der Waals surface area contributed by atoms with Gasteiger partial charge in [-0.2, -0.15) is 0 Å². The third-order valence-corrected chi connectivity index (χ3v) is 3.93. The van der Waals surface area contributed by atoms with Gasteiger partial charge in [-0.15, -0.1) is 0 Å². The molecule has 0 unspecified atom stereocenters. The van der Waals surface area contributed by atoms with Crippen LogP contribution < -0.4 is 0 Å². The van der Waals surface area contributed by atoms with Gasteiger partial charge in [0, 0.05) is 17.1 Å². The summed E-state index contributed by atoms with van der Waals surface area (Å²) in [6.07, 6.45) is 1.74. The van der Waals surface area contributed by atoms with Crippen molar-refractivity contribution in [1.29, 1.82) is 0 Å². The van der Waals surface area contributed by atoms with E-state index in [1.165, 1.54) is 5.56 Å². The van der Waals surface area contributed by atoms with Gasteiger partial charge in [-0.3, -0.25) is 4.99 Å². The molecule has 0 aliphatic rings. The van der Waals surface area contributed by atoms with Crippen LogP contribution in [0.1, 0.15) is 27.8 Å². The van der Waals surface area contributed by atoms with E-state index in [1.54, 1.807) is 6.21 Å². The van der Waals surface area contributed by atoms with Gasteiger partial charge in [0.2, 0.25) is 0 Å². The summed E-state index contributed by atoms with van der Waals surface area (Å²) in [6, 6.07) is 10.3. The molecule has 0 atom stereocenters. The summed E-state index contributed by atoms with van der Waals surface area (Å²) in [5.41, 5.74) is 7.30. The minimum absolute atomic E-state index is 0.159. The molecule has 2 N–H and O–H groups in total. The van der Waals surface area contributed by atoms with Gasteiger partial charge in [0.1, 0.15) is 0 Å². The SMILES string of the molecule is Cc1cc(C)c(N=Cc2c(O)[nH]c3cc(C)ccc23)c(C)c1. The topological polar surface area (TPSA) is 48.4 Å². The Hall–Kier alpha value is -2.55. The van der Waals surface area contributed by atoms with Crippen LogP contribution in [-0.4, -0.2) is 16.3 Å². The van der Waals surface area contributed by atoms with Crippen LogP contribution in [0.4, 0.5) is 5.69 Å². The van der Waals surface area contributed by atoms with E-state index in [-0.39, 0.29) is 5.88 Å². The standard InChI is InChI=1S/C19H20N2O/c1-11-5-6-15-16(19(22)21-17(15)9-11)10-20-18-13(3)7-12(2)8-14(18)4/h5-10,21-22H,1-4H3. The zero-order valence-electron chi connectivity index (χ0n) is 13.4. The van der Waals surface area contributed by atoms with Gasteiger partial charge >= 0.3 is 0 Å². The minimum atomic E-state index is 0.159. The molecule has 3 nitrogen and oxygen atoms in total. The second-order valence-corrected chi connectivity index (χ2v) is 5.94. The number of aryl methyl sites for hydroxylation is 4. The number of H-pyrrole nitrogens is 1. The van der Waals surface area contributed by atoms with Crippen LogP contribution in [0.25, 0.3) is 10.9 Å². The highest BCUT2D eigenvalue weighted by Crippen LogP contribution is 2.29. The van der Waals surface area contributed by atoms with Crippen molar-refractivity contribution in [3.63, 3.8) is 0 Å². The summed E-state index contributed by atoms with van der Waals surface area (Å²) >= 11 is 0. The summed E-state index contributed by atoms with van der Waals surface area (Å²) < 4.78 is 0. The van der Waals surface area contributed by atoms with Crippen LogP contribution >= 0.6 is 0 Å². The highest BCUT2D eigenvalue weighted by molar-refractivity contribution is 6.02. The maximum absolute atomic E-state index is 10.1. The number of benzene rings is 2. The Kier molecular flexibility index (Phi) is 3.49. The van der Waals surface area contributed by atoms with Crippen molar-refractivity contribution in [2.75, 3.05) is 0 Å². The fourth-order valence-electron chi connectivity index (χ4n) is 2.95. The first kappa shape index (κ1) is 14.4. The second-order valence-electron chi connectivity index (χ2n) is 5.94. The molecule has 0 amide bonds. The molecule has 0 aliphatic carbocycles. The lowest BCUT2D eigenvalue weighted by Gasteiger charge is -2.06. The van der Waals surface area contributed by atoms with Crippen LogP contribution in [0.2, 0.25) is 0 Å². The largest absolute Gasteiger partial charge is 0.494 e. The van der Waals surface area contributed by atoms with E-state index in [9.17, 15) is 5.11 Å². The molecule has 1 aromatic heterocycles. The highest BCUT2D eigenvalue weighted by Gasteiger charge is 2.09. The first-order chi connectivity index (χ1) is 10.5. The summed E-state index contributed by atoms with van der Waals surface area (Å²) in [6.45, 7) is 8.24. The zero-order chi connectivity index (χ0) is 15.9. The lowest BCUT2D eigenvalue weighted by molar-refractivity contribution is 0.457. The van der Waals surface area contributed by atoms with Crippen LogP contribution in [-0.2, 0) is 0 Å². The lowest BCUT2D eigenvalue weighted by atomic mass is 10.1. The molecular formula is C19H20N2O. The van der Waals surface area contributed by atoms with Crippen molar-refractivity contribution in [1.82, 2.24) is 4.98 Å². The second kappa shape index (κ2) is 5.34. The summed E-state index contributed by atoms with van der Waals surface area (Å²) in [4.78, 5) is 7.62. The van der Waals surface area contributed by atoms with Crippen LogP contribution in [0.3, 0.4) is 0 Å². The van der Waals surface area contributed by atoms with Crippen molar-refractivity contribution in [3.8, 4) is 5.88 Å². The van der Waals surface area contributed by atoms with Crippen LogP contribution in [0, 0.1) is 27.7 Å². The molecule has 0 radical (unpaired) electrons. The normalized spacial score (nSPS) is 11.6. The van der Waals surface area contributed by atoms with E-state index < -0.39 is 0 Å². The molecule has 3 rings (SSSR count). The molecular weight excluding hydrogens is 272 g/mol. The Morgan fingerprint density at radius 3 is 2.32 bits per heavy atom. The fourth-order valence-corrected chi connectivity index (χ4v) is 2.95. The monoisotopic (exact) mass is 292 g/mol. The molecule has 0 saturated heterocycles. The van der Waals surface area contributed by atoms with Crippen LogP contribution in [0.5, 0.6) is 5.88 Å². The van der Waals surface area contributed by atoms with E-state index in [4.69, 9.17) is 0 Å². The molecule has 0 saturated carbocycles. The molecule has 0 spiro atoms. The van der Waals surface area contributed by atoms with Crippen molar-refractivity contribution in [2.24, 2.45) is 4.99 Å². The predicted molar refractivity (Wildman–Crippen MR) is 92.6 cm³/mol. The third-order valence-electron chi connectivity index (χ3n) is 3.93. The maximum Gasteiger partial charge on any atom is 0.198 e. The van der Waals surface area contributed by atoms with Crippen molar-refractivity contribution in [2.45, 2.75) is 27.7 Å². The number of fused-ring (bicyclic) bond motifs is 1. The number of aliphatic imine (C=N–C) groups is 1. The van der Waals surface area contributed by atoms with E-state index in [0.29, 0.717) is 0 Å². The smallest absolute Gasteiger partial charge is 0.198 e. The Morgan fingerprint density at radius 2 is 1.64 bits per heavy atom. The maximum atomic E-state index is 10.1. The number of hydrogen-bond acceptors (Lipinski definition) is 2. The average Bonchev–Trinajstić information content (AvgIpc) is 2.72. The van der Waals surface area contributed by atoms with Crippen molar-refractivity contribution in [3.05, 3.63) is 58.1 Å². The number of nitrogens with one attached hydrogen (secondary N) is 1. The Morgan fingerprint density at radius 1 is 0.955 bits per heavy atom. The summed E-state index contributed by atoms with van der Waals surface area (Å²) in [7, 11) is 0. The fraction of sp³-hybridized carbons (Fsp3) is 0.211. The predicted octanol–water partition coefficient (Wildman–Crippen LogP) is 4.86. The minimum Gasteiger partial charge on any atom is -0.494 e. The average molecular weight is 292 g/mol. The number of nitrogens with zero attached hydrogens (tertiary/aromatic N) is 1. The van der Waals surface area contributed by atoms with E-state index >= 15 is 0 Å². The molecule has 0 fully saturated rings. The lowest BCUT2D eigenvalue weighted by Crippen LogP contribution is -1.85. The van der Waals surface area contributed by atoms with Gasteiger partial charge in [0.15, 0.2) is 5.88 Å². The highest BCUT2D eigenvalue weighted by atomic mass is 16.3. The van der Waals surface area contributed by atoms with E-state index in [0.717, 1.165) is 38.8 Å². The summed E-state index contributed by atoms with van der Waals surface area (Å²) in [5, 5.41) is 11.1. The zero-order valence-corrected chi connectivity index (χ0v) is 13.4. The Labute approximate surface area is 130 Å². The first-order valence-electron chi connectivity index (χ1n) is 7.39. The molecule has 3 heteroatoms. The third kappa shape index (κ3) is 2.50. The van der Waals surface area contributed by atoms with Crippen molar-refractivity contribution >= 4 is 22.8 Å². The first-order valence-corrected chi connectivity index (χ1v) is 7.39.